The Morgan fingerprint density at radius 2 is 1.68 bits per heavy atom. The lowest BCUT2D eigenvalue weighted by molar-refractivity contribution is 0.139. The number of sulfonamides is 1. The predicted molar refractivity (Wildman–Crippen MR) is 122 cm³/mol. The predicted octanol–water partition coefficient (Wildman–Crippen LogP) is 3.31. The fourth-order valence-electron chi connectivity index (χ4n) is 3.91. The molecule has 3 aromatic rings. The van der Waals surface area contributed by atoms with Crippen LogP contribution in [0.2, 0.25) is 10.0 Å². The normalized spacial score (nSPS) is 17.2. The van der Waals surface area contributed by atoms with Crippen LogP contribution >= 0.6 is 23.2 Å². The second-order valence-electron chi connectivity index (χ2n) is 7.57. The summed E-state index contributed by atoms with van der Waals surface area (Å²) in [4.78, 5) is 19.8. The molecule has 164 valence electrons. The van der Waals surface area contributed by atoms with Crippen LogP contribution in [0.25, 0.3) is 10.9 Å². The summed E-state index contributed by atoms with van der Waals surface area (Å²) in [6.45, 7) is 3.69. The van der Waals surface area contributed by atoms with Crippen molar-refractivity contribution in [2.24, 2.45) is 7.05 Å². The standard InChI is InChI=1S/C21H22Cl2N4O3S/c1-14(20-24-19-13-16(23)6-7-18(19)21(28)25(20)2)26-8-10-27(11-9-26)31(29,30)17-5-3-4-15(22)12-17/h3-7,12-14H,8-11H2,1-2H3. The van der Waals surface area contributed by atoms with Crippen molar-refractivity contribution in [3.8, 4) is 0 Å². The molecule has 0 spiro atoms. The van der Waals surface area contributed by atoms with E-state index in [9.17, 15) is 13.2 Å². The number of hydrogen-bond donors (Lipinski definition) is 0. The van der Waals surface area contributed by atoms with Gasteiger partial charge < -0.3 is 0 Å². The van der Waals surface area contributed by atoms with Gasteiger partial charge >= 0.3 is 0 Å². The number of hydrogen-bond acceptors (Lipinski definition) is 5. The molecule has 2 aromatic carbocycles. The maximum Gasteiger partial charge on any atom is 0.261 e. The zero-order valence-corrected chi connectivity index (χ0v) is 19.5. The Hall–Kier alpha value is -1.97. The summed E-state index contributed by atoms with van der Waals surface area (Å²) >= 11 is 12.0. The van der Waals surface area contributed by atoms with Gasteiger partial charge in [-0.25, -0.2) is 13.4 Å². The van der Waals surface area contributed by atoms with Gasteiger partial charge in [-0.15, -0.1) is 0 Å². The van der Waals surface area contributed by atoms with Crippen LogP contribution in [0.15, 0.2) is 52.2 Å². The first kappa shape index (κ1) is 22.2. The largest absolute Gasteiger partial charge is 0.298 e. The Labute approximate surface area is 190 Å². The van der Waals surface area contributed by atoms with Crippen molar-refractivity contribution in [3.63, 3.8) is 0 Å². The molecule has 0 radical (unpaired) electrons. The lowest BCUT2D eigenvalue weighted by atomic mass is 10.2. The number of rotatable bonds is 4. The number of fused-ring (bicyclic) bond motifs is 1. The molecule has 31 heavy (non-hydrogen) atoms. The number of aromatic nitrogens is 2. The monoisotopic (exact) mass is 480 g/mol. The van der Waals surface area contributed by atoms with Crippen molar-refractivity contribution >= 4 is 44.1 Å². The second-order valence-corrected chi connectivity index (χ2v) is 10.4. The van der Waals surface area contributed by atoms with Crippen LogP contribution < -0.4 is 5.56 Å². The van der Waals surface area contributed by atoms with Gasteiger partial charge in [-0.3, -0.25) is 14.3 Å². The molecular weight excluding hydrogens is 459 g/mol. The van der Waals surface area contributed by atoms with Gasteiger partial charge in [0.2, 0.25) is 10.0 Å². The summed E-state index contributed by atoms with van der Waals surface area (Å²) < 4.78 is 28.9. The second kappa shape index (κ2) is 8.52. The first-order chi connectivity index (χ1) is 14.7. The Kier molecular flexibility index (Phi) is 6.11. The third-order valence-electron chi connectivity index (χ3n) is 5.70. The lowest BCUT2D eigenvalue weighted by Crippen LogP contribution is -2.49. The van der Waals surface area contributed by atoms with Crippen LogP contribution in [0.1, 0.15) is 18.8 Å². The lowest BCUT2D eigenvalue weighted by Gasteiger charge is -2.37. The summed E-state index contributed by atoms with van der Waals surface area (Å²) in [5.74, 6) is 0.617. The molecule has 2 heterocycles. The molecule has 1 saturated heterocycles. The highest BCUT2D eigenvalue weighted by molar-refractivity contribution is 7.89. The third kappa shape index (κ3) is 4.23. The van der Waals surface area contributed by atoms with Crippen LogP contribution in [0.4, 0.5) is 0 Å². The van der Waals surface area contributed by atoms with E-state index < -0.39 is 10.0 Å². The average Bonchev–Trinajstić information content (AvgIpc) is 2.75. The van der Waals surface area contributed by atoms with Gasteiger partial charge in [0.15, 0.2) is 0 Å². The highest BCUT2D eigenvalue weighted by atomic mass is 35.5. The molecule has 1 fully saturated rings. The van der Waals surface area contributed by atoms with Gasteiger partial charge in [-0.2, -0.15) is 4.31 Å². The van der Waals surface area contributed by atoms with E-state index in [-0.39, 0.29) is 16.5 Å². The molecule has 0 amide bonds. The molecule has 7 nitrogen and oxygen atoms in total. The number of benzene rings is 2. The van der Waals surface area contributed by atoms with E-state index in [1.165, 1.54) is 10.4 Å². The van der Waals surface area contributed by atoms with Crippen LogP contribution in [-0.2, 0) is 17.1 Å². The Morgan fingerprint density at radius 3 is 2.35 bits per heavy atom. The summed E-state index contributed by atoms with van der Waals surface area (Å²) in [7, 11) is -1.91. The molecule has 0 bridgehead atoms. The minimum absolute atomic E-state index is 0.134. The first-order valence-corrected chi connectivity index (χ1v) is 12.0. The van der Waals surface area contributed by atoms with Crippen molar-refractivity contribution in [3.05, 3.63) is 68.7 Å². The van der Waals surface area contributed by atoms with E-state index in [1.807, 2.05) is 6.92 Å². The van der Waals surface area contributed by atoms with Crippen LogP contribution in [0.5, 0.6) is 0 Å². The fourth-order valence-corrected chi connectivity index (χ4v) is 5.80. The highest BCUT2D eigenvalue weighted by Crippen LogP contribution is 2.25. The van der Waals surface area contributed by atoms with E-state index in [4.69, 9.17) is 23.2 Å². The van der Waals surface area contributed by atoms with E-state index in [2.05, 4.69) is 9.88 Å². The Morgan fingerprint density at radius 1 is 1.00 bits per heavy atom. The molecule has 0 saturated carbocycles. The van der Waals surface area contributed by atoms with Crippen LogP contribution in [0.3, 0.4) is 0 Å². The Bertz CT molecular complexity index is 1300. The number of halogens is 2. The fraction of sp³-hybridized carbons (Fsp3) is 0.333. The van der Waals surface area contributed by atoms with Gasteiger partial charge in [-0.05, 0) is 43.3 Å². The van der Waals surface area contributed by atoms with Gasteiger partial charge in [0.05, 0.1) is 21.8 Å². The Balaban J connectivity index is 1.55. The zero-order valence-electron chi connectivity index (χ0n) is 17.1. The molecule has 4 rings (SSSR count). The van der Waals surface area contributed by atoms with Crippen LogP contribution in [-0.4, -0.2) is 53.4 Å². The average molecular weight is 481 g/mol. The molecule has 10 heteroatoms. The molecule has 1 unspecified atom stereocenters. The quantitative estimate of drug-likeness (QED) is 0.572. The van der Waals surface area contributed by atoms with Gasteiger partial charge in [-0.1, -0.05) is 29.3 Å². The number of piperazine rings is 1. The summed E-state index contributed by atoms with van der Waals surface area (Å²) in [6, 6.07) is 11.2. The summed E-state index contributed by atoms with van der Waals surface area (Å²) in [5, 5.41) is 1.42. The van der Waals surface area contributed by atoms with Gasteiger partial charge in [0, 0.05) is 43.3 Å². The molecule has 1 aliphatic heterocycles. The number of nitrogens with zero attached hydrogens (tertiary/aromatic N) is 4. The molecule has 1 atom stereocenters. The smallest absolute Gasteiger partial charge is 0.261 e. The van der Waals surface area contributed by atoms with Crippen molar-refractivity contribution in [1.29, 1.82) is 0 Å². The molecule has 0 aliphatic carbocycles. The maximum atomic E-state index is 12.9. The summed E-state index contributed by atoms with van der Waals surface area (Å²) in [6.07, 6.45) is 0. The third-order valence-corrected chi connectivity index (χ3v) is 8.07. The zero-order chi connectivity index (χ0) is 22.3. The molecular formula is C21H22Cl2N4O3S. The molecule has 1 aromatic heterocycles. The van der Waals surface area contributed by atoms with Crippen molar-refractivity contribution < 1.29 is 8.42 Å². The molecule has 1 aliphatic rings. The SMILES string of the molecule is CC(c1nc2cc(Cl)ccc2c(=O)n1C)N1CCN(S(=O)(=O)c2cccc(Cl)c2)CC1. The highest BCUT2D eigenvalue weighted by Gasteiger charge is 2.31. The van der Waals surface area contributed by atoms with Crippen molar-refractivity contribution in [2.75, 3.05) is 26.2 Å². The summed E-state index contributed by atoms with van der Waals surface area (Å²) in [5.41, 5.74) is 0.422. The maximum absolute atomic E-state index is 12.9. The van der Waals surface area contributed by atoms with E-state index in [0.29, 0.717) is 53.0 Å². The van der Waals surface area contributed by atoms with E-state index >= 15 is 0 Å². The first-order valence-electron chi connectivity index (χ1n) is 9.84. The van der Waals surface area contributed by atoms with Gasteiger partial charge in [0.25, 0.3) is 5.56 Å². The van der Waals surface area contributed by atoms with Crippen LogP contribution in [0, 0.1) is 0 Å². The van der Waals surface area contributed by atoms with Gasteiger partial charge in [0.1, 0.15) is 5.82 Å². The topological polar surface area (TPSA) is 75.5 Å². The molecule has 0 N–H and O–H groups in total. The minimum atomic E-state index is -3.61. The minimum Gasteiger partial charge on any atom is -0.298 e. The van der Waals surface area contributed by atoms with Crippen molar-refractivity contribution in [1.82, 2.24) is 18.8 Å². The van der Waals surface area contributed by atoms with E-state index in [1.54, 1.807) is 48.0 Å². The van der Waals surface area contributed by atoms with E-state index in [0.717, 1.165) is 0 Å². The van der Waals surface area contributed by atoms with Crippen molar-refractivity contribution in [2.45, 2.75) is 17.9 Å².